The number of halogens is 1. The summed E-state index contributed by atoms with van der Waals surface area (Å²) >= 11 is 6.37. The molecule has 1 unspecified atom stereocenters. The summed E-state index contributed by atoms with van der Waals surface area (Å²) in [7, 11) is 0. The summed E-state index contributed by atoms with van der Waals surface area (Å²) in [5.74, 6) is 1.79. The third-order valence-electron chi connectivity index (χ3n) is 6.64. The van der Waals surface area contributed by atoms with Gasteiger partial charge in [0.15, 0.2) is 11.5 Å². The fourth-order valence-electron chi connectivity index (χ4n) is 5.16. The molecule has 7 heteroatoms. The SMILES string of the molecule is O=C(Nc1cc2c(cc1Cl)OCCO2)N1CC2(CCC2)C1C1CCOCC1. The number of anilines is 1. The molecular weight excluding hydrogens is 368 g/mol. The van der Waals surface area contributed by atoms with Crippen molar-refractivity contribution in [2.75, 3.05) is 38.3 Å². The van der Waals surface area contributed by atoms with Crippen molar-refractivity contribution in [3.63, 3.8) is 0 Å². The summed E-state index contributed by atoms with van der Waals surface area (Å²) < 4.78 is 16.7. The maximum absolute atomic E-state index is 13.0. The highest BCUT2D eigenvalue weighted by molar-refractivity contribution is 6.34. The minimum Gasteiger partial charge on any atom is -0.486 e. The van der Waals surface area contributed by atoms with Crippen LogP contribution in [0.2, 0.25) is 5.02 Å². The molecular formula is C20H25ClN2O4. The van der Waals surface area contributed by atoms with Crippen molar-refractivity contribution in [3.8, 4) is 11.5 Å². The largest absolute Gasteiger partial charge is 0.486 e. The Morgan fingerprint density at radius 3 is 2.48 bits per heavy atom. The quantitative estimate of drug-likeness (QED) is 0.828. The zero-order valence-corrected chi connectivity index (χ0v) is 16.1. The molecule has 1 spiro atoms. The van der Waals surface area contributed by atoms with Gasteiger partial charge in [-0.3, -0.25) is 0 Å². The Morgan fingerprint density at radius 2 is 1.81 bits per heavy atom. The average Bonchev–Trinajstić information content (AvgIpc) is 2.61. The van der Waals surface area contributed by atoms with E-state index in [1.165, 1.54) is 19.3 Å². The predicted octanol–water partition coefficient (Wildman–Crippen LogP) is 3.92. The van der Waals surface area contributed by atoms with E-state index >= 15 is 0 Å². The molecule has 6 nitrogen and oxygen atoms in total. The van der Waals surface area contributed by atoms with E-state index in [1.807, 2.05) is 4.90 Å². The first kappa shape index (κ1) is 17.4. The van der Waals surface area contributed by atoms with E-state index in [4.69, 9.17) is 25.8 Å². The van der Waals surface area contributed by atoms with Crippen molar-refractivity contribution < 1.29 is 19.0 Å². The Balaban J connectivity index is 1.33. The molecule has 0 radical (unpaired) electrons. The third kappa shape index (κ3) is 2.93. The van der Waals surface area contributed by atoms with E-state index in [-0.39, 0.29) is 6.03 Å². The van der Waals surface area contributed by atoms with Crippen LogP contribution >= 0.6 is 11.6 Å². The molecule has 27 heavy (non-hydrogen) atoms. The highest BCUT2D eigenvalue weighted by Crippen LogP contribution is 2.56. The van der Waals surface area contributed by atoms with Gasteiger partial charge in [-0.25, -0.2) is 4.79 Å². The molecule has 1 aromatic carbocycles. The van der Waals surface area contributed by atoms with Gasteiger partial charge >= 0.3 is 6.03 Å². The molecule has 3 heterocycles. The number of nitrogens with zero attached hydrogens (tertiary/aromatic N) is 1. The number of nitrogens with one attached hydrogen (secondary N) is 1. The number of likely N-dealkylation sites (tertiary alicyclic amines) is 1. The Labute approximate surface area is 164 Å². The van der Waals surface area contributed by atoms with Crippen LogP contribution < -0.4 is 14.8 Å². The molecule has 1 aromatic rings. The van der Waals surface area contributed by atoms with Gasteiger partial charge in [0.2, 0.25) is 0 Å². The second kappa shape index (κ2) is 6.74. The zero-order chi connectivity index (χ0) is 18.4. The predicted molar refractivity (Wildman–Crippen MR) is 102 cm³/mol. The van der Waals surface area contributed by atoms with Crippen molar-refractivity contribution in [1.82, 2.24) is 4.90 Å². The van der Waals surface area contributed by atoms with Crippen molar-refractivity contribution in [2.24, 2.45) is 11.3 Å². The summed E-state index contributed by atoms with van der Waals surface area (Å²) in [5, 5.41) is 3.47. The number of rotatable bonds is 2. The lowest BCUT2D eigenvalue weighted by molar-refractivity contribution is -0.135. The van der Waals surface area contributed by atoms with Gasteiger partial charge in [-0.1, -0.05) is 18.0 Å². The maximum Gasteiger partial charge on any atom is 0.322 e. The van der Waals surface area contributed by atoms with Crippen LogP contribution in [0.4, 0.5) is 10.5 Å². The number of urea groups is 1. The van der Waals surface area contributed by atoms with E-state index in [1.54, 1.807) is 12.1 Å². The van der Waals surface area contributed by atoms with E-state index in [0.29, 0.717) is 52.8 Å². The fraction of sp³-hybridized carbons (Fsp3) is 0.650. The van der Waals surface area contributed by atoms with E-state index in [0.717, 1.165) is 32.6 Å². The summed E-state index contributed by atoms with van der Waals surface area (Å²) in [5.41, 5.74) is 0.918. The molecule has 3 aliphatic heterocycles. The highest BCUT2D eigenvalue weighted by Gasteiger charge is 2.59. The van der Waals surface area contributed by atoms with Crippen LogP contribution in [0.3, 0.4) is 0 Å². The van der Waals surface area contributed by atoms with Crippen LogP contribution in [0, 0.1) is 11.3 Å². The first-order chi connectivity index (χ1) is 13.2. The first-order valence-electron chi connectivity index (χ1n) is 9.91. The van der Waals surface area contributed by atoms with Crippen LogP contribution in [0.25, 0.3) is 0 Å². The second-order valence-electron chi connectivity index (χ2n) is 8.14. The van der Waals surface area contributed by atoms with Crippen molar-refractivity contribution in [2.45, 2.75) is 38.1 Å². The molecule has 2 saturated heterocycles. The molecule has 2 amide bonds. The van der Waals surface area contributed by atoms with Crippen molar-refractivity contribution >= 4 is 23.3 Å². The number of carbonyl (C=O) groups is 1. The second-order valence-corrected chi connectivity index (χ2v) is 8.55. The van der Waals surface area contributed by atoms with Gasteiger partial charge in [-0.05, 0) is 31.6 Å². The molecule has 0 bridgehead atoms. The van der Waals surface area contributed by atoms with Crippen LogP contribution in [-0.4, -0.2) is 49.9 Å². The molecule has 3 fully saturated rings. The van der Waals surface area contributed by atoms with Crippen molar-refractivity contribution in [1.29, 1.82) is 0 Å². The lowest BCUT2D eigenvalue weighted by atomic mass is 9.54. The van der Waals surface area contributed by atoms with Gasteiger partial charge in [-0.15, -0.1) is 0 Å². The number of ether oxygens (including phenoxy) is 3. The molecule has 5 rings (SSSR count). The number of amides is 2. The van der Waals surface area contributed by atoms with Crippen LogP contribution in [-0.2, 0) is 4.74 Å². The lowest BCUT2D eigenvalue weighted by Gasteiger charge is -2.64. The van der Waals surface area contributed by atoms with Crippen LogP contribution in [0.1, 0.15) is 32.1 Å². The van der Waals surface area contributed by atoms with E-state index in [2.05, 4.69) is 5.32 Å². The van der Waals surface area contributed by atoms with Gasteiger partial charge in [0.1, 0.15) is 13.2 Å². The Bertz CT molecular complexity index is 746. The molecule has 1 atom stereocenters. The Kier molecular flexibility index (Phi) is 4.36. The summed E-state index contributed by atoms with van der Waals surface area (Å²) in [6.07, 6.45) is 5.85. The van der Waals surface area contributed by atoms with Gasteiger partial charge in [0, 0.05) is 43.3 Å². The molecule has 146 valence electrons. The molecule has 4 aliphatic rings. The monoisotopic (exact) mass is 392 g/mol. The zero-order valence-electron chi connectivity index (χ0n) is 15.3. The minimum atomic E-state index is -0.0670. The molecule has 1 N–H and O–H groups in total. The topological polar surface area (TPSA) is 60.0 Å². The average molecular weight is 393 g/mol. The maximum atomic E-state index is 13.0. The Morgan fingerprint density at radius 1 is 1.11 bits per heavy atom. The number of fused-ring (bicyclic) bond motifs is 1. The summed E-state index contributed by atoms with van der Waals surface area (Å²) in [6, 6.07) is 3.73. The minimum absolute atomic E-state index is 0.0670. The normalized spacial score (nSPS) is 26.3. The van der Waals surface area contributed by atoms with Gasteiger partial charge in [0.05, 0.1) is 10.7 Å². The van der Waals surface area contributed by atoms with Gasteiger partial charge in [0.25, 0.3) is 0 Å². The number of carbonyl (C=O) groups excluding carboxylic acids is 1. The first-order valence-corrected chi connectivity index (χ1v) is 10.3. The van der Waals surface area contributed by atoms with Gasteiger partial charge in [-0.2, -0.15) is 0 Å². The van der Waals surface area contributed by atoms with Crippen LogP contribution in [0.5, 0.6) is 11.5 Å². The van der Waals surface area contributed by atoms with Gasteiger partial charge < -0.3 is 24.4 Å². The molecule has 1 aliphatic carbocycles. The summed E-state index contributed by atoms with van der Waals surface area (Å²) in [6.45, 7) is 3.48. The van der Waals surface area contributed by atoms with Crippen molar-refractivity contribution in [3.05, 3.63) is 17.2 Å². The fourth-order valence-corrected chi connectivity index (χ4v) is 5.37. The van der Waals surface area contributed by atoms with E-state index in [9.17, 15) is 4.79 Å². The number of hydrogen-bond acceptors (Lipinski definition) is 4. The van der Waals surface area contributed by atoms with E-state index < -0.39 is 0 Å². The number of hydrogen-bond donors (Lipinski definition) is 1. The number of benzene rings is 1. The third-order valence-corrected chi connectivity index (χ3v) is 6.96. The van der Waals surface area contributed by atoms with Crippen LogP contribution in [0.15, 0.2) is 12.1 Å². The molecule has 1 saturated carbocycles. The smallest absolute Gasteiger partial charge is 0.322 e. The standard InChI is InChI=1S/C20H25ClN2O4/c21-14-10-16-17(27-9-8-26-16)11-15(14)22-19(24)23-12-20(4-1-5-20)18(23)13-2-6-25-7-3-13/h10-11,13,18H,1-9,12H2,(H,22,24). The molecule has 0 aromatic heterocycles. The highest BCUT2D eigenvalue weighted by atomic mass is 35.5. The lowest BCUT2D eigenvalue weighted by Crippen LogP contribution is -2.72. The summed E-state index contributed by atoms with van der Waals surface area (Å²) in [4.78, 5) is 15.1. The Hall–Kier alpha value is -1.66.